The molecule has 0 aromatic rings. The number of esters is 1. The molecule has 1 aliphatic carbocycles. The molecule has 3 fully saturated rings. The predicted octanol–water partition coefficient (Wildman–Crippen LogP) is 1.30. The van der Waals surface area contributed by atoms with Crippen LogP contribution in [0.1, 0.15) is 40.0 Å². The first-order chi connectivity index (χ1) is 8.47. The van der Waals surface area contributed by atoms with Crippen molar-refractivity contribution in [2.75, 3.05) is 0 Å². The number of carbonyl (C=O) groups excluding carboxylic acids is 1. The zero-order chi connectivity index (χ0) is 13.1. The van der Waals surface area contributed by atoms with Crippen LogP contribution in [-0.2, 0) is 9.53 Å². The molecule has 0 aromatic carbocycles. The average molecular weight is 368 g/mol. The van der Waals surface area contributed by atoms with Crippen molar-refractivity contribution in [1.82, 2.24) is 7.06 Å². The van der Waals surface area contributed by atoms with Gasteiger partial charge in [-0.2, -0.15) is 0 Å². The van der Waals surface area contributed by atoms with Gasteiger partial charge in [-0.1, -0.05) is 0 Å². The summed E-state index contributed by atoms with van der Waals surface area (Å²) < 4.78 is 12.2. The molecule has 0 spiro atoms. The Hall–Kier alpha value is 0.0800. The van der Waals surface area contributed by atoms with Gasteiger partial charge in [0.15, 0.2) is 0 Å². The van der Waals surface area contributed by atoms with E-state index in [9.17, 15) is 9.90 Å². The van der Waals surface area contributed by atoms with Crippen LogP contribution in [0.15, 0.2) is 0 Å². The Balaban J connectivity index is 1.51. The number of nitrogens with one attached hydrogen (secondary N) is 2. The molecule has 18 heavy (non-hydrogen) atoms. The van der Waals surface area contributed by atoms with Crippen molar-refractivity contribution in [2.24, 2.45) is 11.8 Å². The molecular weight excluding hydrogens is 347 g/mol. The summed E-state index contributed by atoms with van der Waals surface area (Å²) in [6.07, 6.45) is 2.19. The van der Waals surface area contributed by atoms with E-state index >= 15 is 0 Å². The zero-order valence-corrected chi connectivity index (χ0v) is 13.2. The third-order valence-corrected chi connectivity index (χ3v) is 9.43. The summed E-state index contributed by atoms with van der Waals surface area (Å²) in [7, 11) is 0. The first-order valence-electron chi connectivity index (χ1n) is 6.65. The van der Waals surface area contributed by atoms with E-state index in [2.05, 4.69) is 7.06 Å². The van der Waals surface area contributed by atoms with Crippen LogP contribution < -0.4 is 7.06 Å². The third-order valence-electron chi connectivity index (χ3n) is 4.56. The Morgan fingerprint density at radius 3 is 2.56 bits per heavy atom. The molecule has 3 N–H and O–H groups in total. The summed E-state index contributed by atoms with van der Waals surface area (Å²) in [5, 5.41) is 10.4. The number of hydrogen-bond acceptors (Lipinski definition) is 5. The topological polar surface area (TPSA) is 90.4 Å². The molecule has 6 heteroatoms. The van der Waals surface area contributed by atoms with Crippen molar-refractivity contribution in [3.8, 4) is 0 Å². The Kier molecular flexibility index (Phi) is 2.93. The average Bonchev–Trinajstić information content (AvgIpc) is 3.17. The molecule has 0 bridgehead atoms. The second kappa shape index (κ2) is 4.04. The maximum absolute atomic E-state index is 12.0. The first kappa shape index (κ1) is 13.1. The molecule has 0 amide bonds. The van der Waals surface area contributed by atoms with E-state index in [0.717, 1.165) is 19.3 Å². The number of halogens is 1. The van der Waals surface area contributed by atoms with Crippen molar-refractivity contribution in [3.05, 3.63) is 0 Å². The monoisotopic (exact) mass is 368 g/mol. The van der Waals surface area contributed by atoms with E-state index < -0.39 is 26.0 Å². The van der Waals surface area contributed by atoms with Crippen LogP contribution in [0.3, 0.4) is 0 Å². The number of carbonyl (C=O) groups is 1. The second-order valence-electron chi connectivity index (χ2n) is 5.53. The van der Waals surface area contributed by atoms with Crippen LogP contribution in [-0.4, -0.2) is 26.5 Å². The summed E-state index contributed by atoms with van der Waals surface area (Å²) in [6.45, 7) is 5.90. The fourth-order valence-corrected chi connectivity index (χ4v) is 7.48. The van der Waals surface area contributed by atoms with Gasteiger partial charge in [-0.25, -0.2) is 0 Å². The van der Waals surface area contributed by atoms with Gasteiger partial charge in [-0.15, -0.1) is 0 Å². The van der Waals surface area contributed by atoms with Crippen molar-refractivity contribution in [3.63, 3.8) is 0 Å². The van der Waals surface area contributed by atoms with Crippen molar-refractivity contribution in [2.45, 2.75) is 55.4 Å². The number of ether oxygens (including phenoxy) is 1. The fraction of sp³-hybridized carbons (Fsp3) is 0.917. The van der Waals surface area contributed by atoms with Crippen molar-refractivity contribution >= 4 is 26.3 Å². The van der Waals surface area contributed by atoms with Gasteiger partial charge < -0.3 is 0 Å². The van der Waals surface area contributed by atoms with Gasteiger partial charge in [0.1, 0.15) is 0 Å². The van der Waals surface area contributed by atoms with Crippen LogP contribution in [0, 0.1) is 11.8 Å². The number of aliphatic hydroxyl groups is 1. The molecule has 2 saturated heterocycles. The molecule has 3 rings (SSSR count). The van der Waals surface area contributed by atoms with Gasteiger partial charge in [0.25, 0.3) is 0 Å². The number of rotatable bonds is 6. The van der Waals surface area contributed by atoms with Crippen molar-refractivity contribution < 1.29 is 14.6 Å². The Morgan fingerprint density at radius 1 is 1.56 bits per heavy atom. The molecular formula is C12H21IN2O3. The molecule has 3 aliphatic rings. The quantitative estimate of drug-likeness (QED) is 0.164. The van der Waals surface area contributed by atoms with Crippen LogP contribution in [0.2, 0.25) is 0 Å². The molecule has 2 heterocycles. The molecule has 3 atom stereocenters. The molecule has 3 unspecified atom stereocenters. The summed E-state index contributed by atoms with van der Waals surface area (Å²) in [5.74, 6) is -0.0651. The van der Waals surface area contributed by atoms with Gasteiger partial charge in [0.05, 0.1) is 0 Å². The molecule has 104 valence electrons. The predicted molar refractivity (Wildman–Crippen MR) is 75.7 cm³/mol. The number of alkyl halides is 1. The Labute approximate surface area is 115 Å². The summed E-state index contributed by atoms with van der Waals surface area (Å²) >= 11 is -1.07. The van der Waals surface area contributed by atoms with Gasteiger partial charge in [0.2, 0.25) is 0 Å². The standard InChI is InChI=1S/C12H21IN2O3/c1-4-11(17,5-2)8-6-9(8)18-10(16)7(3)12-13(14-12)15-12/h7-9,14-15,17H,4-6H2,1-3H3. The molecule has 0 radical (unpaired) electrons. The summed E-state index contributed by atoms with van der Waals surface area (Å²) in [4.78, 5) is 12.0. The maximum atomic E-state index is 12.0. The van der Waals surface area contributed by atoms with E-state index in [1.807, 2.05) is 20.8 Å². The van der Waals surface area contributed by atoms with E-state index in [4.69, 9.17) is 4.74 Å². The van der Waals surface area contributed by atoms with Gasteiger partial charge in [-0.3, -0.25) is 0 Å². The molecule has 0 aromatic heterocycles. The third kappa shape index (κ3) is 1.88. The molecule has 5 nitrogen and oxygen atoms in total. The van der Waals surface area contributed by atoms with E-state index in [1.165, 1.54) is 0 Å². The Morgan fingerprint density at radius 2 is 2.11 bits per heavy atom. The number of hydrogen-bond donors (Lipinski definition) is 3. The van der Waals surface area contributed by atoms with Crippen molar-refractivity contribution in [1.29, 1.82) is 0 Å². The van der Waals surface area contributed by atoms with Gasteiger partial charge in [-0.05, 0) is 0 Å². The van der Waals surface area contributed by atoms with Gasteiger partial charge in [0, 0.05) is 0 Å². The van der Waals surface area contributed by atoms with Gasteiger partial charge >= 0.3 is 115 Å². The molecule has 2 aliphatic heterocycles. The van der Waals surface area contributed by atoms with E-state index in [-0.39, 0.29) is 27.6 Å². The van der Waals surface area contributed by atoms with Crippen LogP contribution in [0.25, 0.3) is 0 Å². The van der Waals surface area contributed by atoms with Crippen LogP contribution >= 0.6 is 20.4 Å². The summed E-state index contributed by atoms with van der Waals surface area (Å²) in [6, 6.07) is 0. The minimum absolute atomic E-state index is 0.00277. The van der Waals surface area contributed by atoms with E-state index in [0.29, 0.717) is 0 Å². The number of fused-ring (bicyclic) bond motifs is 1. The summed E-state index contributed by atoms with van der Waals surface area (Å²) in [5.41, 5.74) is -0.652. The van der Waals surface area contributed by atoms with Crippen LogP contribution in [0.4, 0.5) is 0 Å². The minimum atomic E-state index is -1.07. The normalized spacial score (nSPS) is 34.6. The second-order valence-corrected chi connectivity index (χ2v) is 9.93. The first-order valence-corrected chi connectivity index (χ1v) is 9.89. The SMILES string of the molecule is CCC(O)(CC)C1CC1OC(=O)C(C)C12NI1N2. The zero-order valence-electron chi connectivity index (χ0n) is 11.0. The fourth-order valence-electron chi connectivity index (χ4n) is 2.62. The van der Waals surface area contributed by atoms with Crippen LogP contribution in [0.5, 0.6) is 0 Å². The molecule has 1 saturated carbocycles. The Bertz CT molecular complexity index is 380. The van der Waals surface area contributed by atoms with E-state index in [1.54, 1.807) is 0 Å².